The predicted molar refractivity (Wildman–Crippen MR) is 76.7 cm³/mol. The molecule has 0 radical (unpaired) electrons. The van der Waals surface area contributed by atoms with Gasteiger partial charge in [0.15, 0.2) is 0 Å². The Morgan fingerprint density at radius 1 is 1.06 bits per heavy atom. The predicted octanol–water partition coefficient (Wildman–Crippen LogP) is 3.26. The van der Waals surface area contributed by atoms with Gasteiger partial charge >= 0.3 is 0 Å². The highest BCUT2D eigenvalue weighted by molar-refractivity contribution is 5.83. The van der Waals surface area contributed by atoms with E-state index in [0.717, 1.165) is 6.42 Å². The minimum atomic E-state index is 0.235. The Hall–Kier alpha value is -1.38. The summed E-state index contributed by atoms with van der Waals surface area (Å²) in [5, 5.41) is 15.0. The molecule has 18 heavy (non-hydrogen) atoms. The van der Waals surface area contributed by atoms with Crippen LogP contribution in [0.5, 0.6) is 0 Å². The molecule has 0 spiro atoms. The molecule has 2 atom stereocenters. The fraction of sp³-hybridized carbons (Fsp3) is 0.375. The molecular weight excluding hydrogens is 222 g/mol. The van der Waals surface area contributed by atoms with E-state index in [-0.39, 0.29) is 6.61 Å². The van der Waals surface area contributed by atoms with E-state index in [9.17, 15) is 0 Å². The highest BCUT2D eigenvalue weighted by Crippen LogP contribution is 2.20. The van der Waals surface area contributed by atoms with E-state index < -0.39 is 0 Å². The van der Waals surface area contributed by atoms with Gasteiger partial charge in [-0.1, -0.05) is 36.4 Å². The maximum absolute atomic E-state index is 8.92. The molecule has 0 aliphatic carbocycles. The summed E-state index contributed by atoms with van der Waals surface area (Å²) in [5.74, 6) is 0. The van der Waals surface area contributed by atoms with E-state index in [4.69, 9.17) is 5.11 Å². The molecule has 96 valence electrons. The molecule has 0 bridgehead atoms. The fourth-order valence-electron chi connectivity index (χ4n) is 2.28. The zero-order valence-corrected chi connectivity index (χ0v) is 11.1. The van der Waals surface area contributed by atoms with E-state index in [0.29, 0.717) is 12.1 Å². The number of aliphatic hydroxyl groups excluding tert-OH is 1. The number of aliphatic hydroxyl groups is 1. The summed E-state index contributed by atoms with van der Waals surface area (Å²) < 4.78 is 0. The van der Waals surface area contributed by atoms with Gasteiger partial charge in [0.2, 0.25) is 0 Å². The summed E-state index contributed by atoms with van der Waals surface area (Å²) in [5.41, 5.74) is 1.29. The summed E-state index contributed by atoms with van der Waals surface area (Å²) in [4.78, 5) is 0. The number of hydrogen-bond donors (Lipinski definition) is 2. The number of benzene rings is 2. The first-order valence-electron chi connectivity index (χ1n) is 6.56. The zero-order chi connectivity index (χ0) is 13.0. The number of rotatable bonds is 5. The van der Waals surface area contributed by atoms with Crippen molar-refractivity contribution < 1.29 is 5.11 Å². The molecule has 0 heterocycles. The topological polar surface area (TPSA) is 32.3 Å². The lowest BCUT2D eigenvalue weighted by molar-refractivity contribution is 0.264. The van der Waals surface area contributed by atoms with Crippen molar-refractivity contribution in [3.63, 3.8) is 0 Å². The summed E-state index contributed by atoms with van der Waals surface area (Å²) in [6, 6.07) is 15.6. The normalized spacial score (nSPS) is 14.6. The second-order valence-electron chi connectivity index (χ2n) is 4.91. The molecule has 0 aliphatic heterocycles. The van der Waals surface area contributed by atoms with Gasteiger partial charge < -0.3 is 10.4 Å². The Morgan fingerprint density at radius 3 is 2.50 bits per heavy atom. The van der Waals surface area contributed by atoms with Crippen molar-refractivity contribution in [1.29, 1.82) is 0 Å². The lowest BCUT2D eigenvalue weighted by Gasteiger charge is -2.20. The third kappa shape index (κ3) is 3.09. The molecule has 2 nitrogen and oxygen atoms in total. The Morgan fingerprint density at radius 2 is 1.78 bits per heavy atom. The average molecular weight is 243 g/mol. The van der Waals surface area contributed by atoms with Crippen molar-refractivity contribution in [2.75, 3.05) is 6.61 Å². The average Bonchev–Trinajstić information content (AvgIpc) is 2.38. The Labute approximate surface area is 109 Å². The highest BCUT2D eigenvalue weighted by Gasteiger charge is 2.09. The van der Waals surface area contributed by atoms with E-state index >= 15 is 0 Å². The lowest BCUT2D eigenvalue weighted by atomic mass is 10.0. The number of nitrogens with one attached hydrogen (secondary N) is 1. The first-order valence-corrected chi connectivity index (χ1v) is 6.56. The number of hydrogen-bond acceptors (Lipinski definition) is 2. The standard InChI is InChI=1S/C16H21NO/c1-12(9-10-18)17-13(2)15-8-7-14-5-3-4-6-16(14)11-15/h3-8,11-13,17-18H,9-10H2,1-2H3. The van der Waals surface area contributed by atoms with E-state index in [1.807, 2.05) is 0 Å². The van der Waals surface area contributed by atoms with Gasteiger partial charge in [0.25, 0.3) is 0 Å². The van der Waals surface area contributed by atoms with Gasteiger partial charge in [-0.3, -0.25) is 0 Å². The summed E-state index contributed by atoms with van der Waals surface area (Å²) >= 11 is 0. The second kappa shape index (κ2) is 5.98. The van der Waals surface area contributed by atoms with Crippen molar-refractivity contribution in [2.45, 2.75) is 32.4 Å². The highest BCUT2D eigenvalue weighted by atomic mass is 16.3. The molecular formula is C16H21NO. The Kier molecular flexibility index (Phi) is 4.34. The fourth-order valence-corrected chi connectivity index (χ4v) is 2.28. The molecule has 0 fully saturated rings. The lowest BCUT2D eigenvalue weighted by Crippen LogP contribution is -2.29. The van der Waals surface area contributed by atoms with E-state index in [1.165, 1.54) is 16.3 Å². The van der Waals surface area contributed by atoms with Gasteiger partial charge in [-0.05, 0) is 42.7 Å². The smallest absolute Gasteiger partial charge is 0.0445 e. The first kappa shape index (κ1) is 13.1. The summed E-state index contributed by atoms with van der Waals surface area (Å²) in [7, 11) is 0. The molecule has 2 unspecified atom stereocenters. The van der Waals surface area contributed by atoms with E-state index in [1.54, 1.807) is 0 Å². The third-order valence-electron chi connectivity index (χ3n) is 3.37. The van der Waals surface area contributed by atoms with Crippen LogP contribution in [0.25, 0.3) is 10.8 Å². The van der Waals surface area contributed by atoms with Gasteiger partial charge in [0.1, 0.15) is 0 Å². The van der Waals surface area contributed by atoms with E-state index in [2.05, 4.69) is 61.6 Å². The van der Waals surface area contributed by atoms with Gasteiger partial charge in [-0.2, -0.15) is 0 Å². The molecule has 0 saturated heterocycles. The molecule has 0 amide bonds. The van der Waals surface area contributed by atoms with Gasteiger partial charge in [0.05, 0.1) is 0 Å². The van der Waals surface area contributed by atoms with Gasteiger partial charge in [-0.25, -0.2) is 0 Å². The van der Waals surface area contributed by atoms with Crippen LogP contribution < -0.4 is 5.32 Å². The van der Waals surface area contributed by atoms with Crippen molar-refractivity contribution in [3.8, 4) is 0 Å². The molecule has 2 N–H and O–H groups in total. The van der Waals surface area contributed by atoms with Crippen molar-refractivity contribution in [1.82, 2.24) is 5.32 Å². The van der Waals surface area contributed by atoms with Crippen LogP contribution in [0.2, 0.25) is 0 Å². The molecule has 2 rings (SSSR count). The molecule has 0 aliphatic rings. The van der Waals surface area contributed by atoms with Crippen LogP contribution in [0.4, 0.5) is 0 Å². The number of fused-ring (bicyclic) bond motifs is 1. The van der Waals surface area contributed by atoms with Crippen molar-refractivity contribution >= 4 is 10.8 Å². The van der Waals surface area contributed by atoms with Crippen LogP contribution in [0.3, 0.4) is 0 Å². The summed E-state index contributed by atoms with van der Waals surface area (Å²) in [6.07, 6.45) is 0.790. The maximum Gasteiger partial charge on any atom is 0.0445 e. The monoisotopic (exact) mass is 243 g/mol. The molecule has 0 saturated carbocycles. The van der Waals surface area contributed by atoms with Crippen LogP contribution >= 0.6 is 0 Å². The molecule has 0 aromatic heterocycles. The summed E-state index contributed by atoms with van der Waals surface area (Å²) in [6.45, 7) is 4.50. The van der Waals surface area contributed by atoms with Crippen LogP contribution in [0, 0.1) is 0 Å². The van der Waals surface area contributed by atoms with Gasteiger partial charge in [0, 0.05) is 18.7 Å². The third-order valence-corrected chi connectivity index (χ3v) is 3.37. The van der Waals surface area contributed by atoms with Crippen LogP contribution in [0.15, 0.2) is 42.5 Å². The first-order chi connectivity index (χ1) is 8.70. The quantitative estimate of drug-likeness (QED) is 0.844. The minimum absolute atomic E-state index is 0.235. The Balaban J connectivity index is 2.15. The SMILES string of the molecule is CC(CCO)NC(C)c1ccc2ccccc2c1. The maximum atomic E-state index is 8.92. The van der Waals surface area contributed by atoms with Crippen LogP contribution in [-0.4, -0.2) is 17.8 Å². The minimum Gasteiger partial charge on any atom is -0.396 e. The van der Waals surface area contributed by atoms with Crippen LogP contribution in [0.1, 0.15) is 31.9 Å². The van der Waals surface area contributed by atoms with Crippen LogP contribution in [-0.2, 0) is 0 Å². The largest absolute Gasteiger partial charge is 0.396 e. The zero-order valence-electron chi connectivity index (χ0n) is 11.1. The molecule has 2 aromatic carbocycles. The Bertz CT molecular complexity index is 509. The second-order valence-corrected chi connectivity index (χ2v) is 4.91. The molecule has 2 aromatic rings. The molecule has 2 heteroatoms. The van der Waals surface area contributed by atoms with Crippen molar-refractivity contribution in [3.05, 3.63) is 48.0 Å². The van der Waals surface area contributed by atoms with Gasteiger partial charge in [-0.15, -0.1) is 0 Å². The van der Waals surface area contributed by atoms with Crippen molar-refractivity contribution in [2.24, 2.45) is 0 Å².